The van der Waals surface area contributed by atoms with Crippen LogP contribution in [0.3, 0.4) is 0 Å². The van der Waals surface area contributed by atoms with E-state index in [1.54, 1.807) is 16.8 Å². The van der Waals surface area contributed by atoms with E-state index >= 15 is 0 Å². The molecule has 184 valence electrons. The number of hydrogen-bond donors (Lipinski definition) is 1. The van der Waals surface area contributed by atoms with Gasteiger partial charge in [-0.3, -0.25) is 0 Å². The summed E-state index contributed by atoms with van der Waals surface area (Å²) < 4.78 is 13.4. The van der Waals surface area contributed by atoms with Gasteiger partial charge in [0.2, 0.25) is 11.1 Å². The third-order valence-electron chi connectivity index (χ3n) is 5.25. The number of ether oxygens (including phenoxy) is 2. The molecular formula is C25H26Cl2N4O3S. The summed E-state index contributed by atoms with van der Waals surface area (Å²) in [4.78, 5) is 17.8. The molecule has 1 N–H and O–H groups in total. The molecule has 0 bridgehead atoms. The Kier molecular flexibility index (Phi) is 7.94. The highest BCUT2D eigenvalue weighted by atomic mass is 35.5. The summed E-state index contributed by atoms with van der Waals surface area (Å²) in [5.74, 6) is 1.63. The fourth-order valence-corrected chi connectivity index (χ4v) is 4.76. The molecular weight excluding hydrogens is 507 g/mol. The lowest BCUT2D eigenvalue weighted by molar-refractivity contribution is -0.143. The van der Waals surface area contributed by atoms with Gasteiger partial charge < -0.3 is 14.8 Å². The first kappa shape index (κ1) is 25.4. The molecule has 10 heteroatoms. The third-order valence-corrected chi connectivity index (χ3v) is 6.56. The summed E-state index contributed by atoms with van der Waals surface area (Å²) in [6.07, 6.45) is -0.259. The molecule has 0 saturated heterocycles. The van der Waals surface area contributed by atoms with E-state index in [1.165, 1.54) is 11.8 Å². The minimum Gasteiger partial charge on any atom is -0.489 e. The lowest BCUT2D eigenvalue weighted by Crippen LogP contribution is -2.30. The minimum atomic E-state index is -0.529. The average Bonchev–Trinajstić information content (AvgIpc) is 3.19. The van der Waals surface area contributed by atoms with E-state index in [1.807, 2.05) is 58.0 Å². The lowest BCUT2D eigenvalue weighted by Gasteiger charge is -2.28. The Hall–Kier alpha value is -2.68. The second-order valence-electron chi connectivity index (χ2n) is 8.21. The summed E-state index contributed by atoms with van der Waals surface area (Å²) >= 11 is 13.8. The van der Waals surface area contributed by atoms with Gasteiger partial charge in [0.25, 0.3) is 0 Å². The largest absolute Gasteiger partial charge is 0.489 e. The van der Waals surface area contributed by atoms with E-state index < -0.39 is 12.0 Å². The molecule has 35 heavy (non-hydrogen) atoms. The molecule has 2 aromatic carbocycles. The molecule has 1 aliphatic heterocycles. The van der Waals surface area contributed by atoms with Crippen molar-refractivity contribution >= 4 is 46.9 Å². The normalized spacial score (nSPS) is 15.1. The summed E-state index contributed by atoms with van der Waals surface area (Å²) in [5, 5.41) is 9.64. The monoisotopic (exact) mass is 532 g/mol. The Morgan fingerprint density at radius 3 is 2.74 bits per heavy atom. The predicted octanol–water partition coefficient (Wildman–Crippen LogP) is 6.52. The number of nitrogens with zero attached hydrogens (tertiary/aromatic N) is 3. The van der Waals surface area contributed by atoms with Crippen molar-refractivity contribution in [1.29, 1.82) is 0 Å². The predicted molar refractivity (Wildman–Crippen MR) is 139 cm³/mol. The Balaban J connectivity index is 1.70. The van der Waals surface area contributed by atoms with E-state index in [2.05, 4.69) is 15.4 Å². The molecule has 0 saturated carbocycles. The number of nitrogens with one attached hydrogen (secondary N) is 1. The van der Waals surface area contributed by atoms with Crippen LogP contribution < -0.4 is 10.1 Å². The number of fused-ring (bicyclic) bond motifs is 1. The number of rotatable bonds is 8. The van der Waals surface area contributed by atoms with E-state index in [0.29, 0.717) is 38.2 Å². The van der Waals surface area contributed by atoms with Gasteiger partial charge in [0, 0.05) is 21.3 Å². The molecule has 0 amide bonds. The maximum absolute atomic E-state index is 13.2. The van der Waals surface area contributed by atoms with Gasteiger partial charge in [-0.2, -0.15) is 4.98 Å². The Labute approximate surface area is 218 Å². The van der Waals surface area contributed by atoms with Crippen molar-refractivity contribution < 1.29 is 14.3 Å². The summed E-state index contributed by atoms with van der Waals surface area (Å²) in [7, 11) is 0. The molecule has 0 radical (unpaired) electrons. The Morgan fingerprint density at radius 1 is 1.23 bits per heavy atom. The molecule has 2 heterocycles. The zero-order chi connectivity index (χ0) is 25.1. The first-order chi connectivity index (χ1) is 16.8. The number of allylic oxidation sites excluding steroid dienone is 1. The fourth-order valence-electron chi connectivity index (χ4n) is 3.75. The van der Waals surface area contributed by atoms with Crippen molar-refractivity contribution in [3.63, 3.8) is 0 Å². The lowest BCUT2D eigenvalue weighted by atomic mass is 9.95. The van der Waals surface area contributed by atoms with Gasteiger partial charge in [-0.05, 0) is 56.4 Å². The van der Waals surface area contributed by atoms with Gasteiger partial charge in [-0.25, -0.2) is 9.48 Å². The molecule has 1 atom stereocenters. The van der Waals surface area contributed by atoms with E-state index in [9.17, 15) is 4.79 Å². The maximum atomic E-state index is 13.2. The van der Waals surface area contributed by atoms with Crippen LogP contribution in [0.5, 0.6) is 5.75 Å². The van der Waals surface area contributed by atoms with Crippen molar-refractivity contribution in [3.05, 3.63) is 74.9 Å². The number of carbonyl (C=O) groups is 1. The summed E-state index contributed by atoms with van der Waals surface area (Å²) in [6, 6.07) is 12.3. The van der Waals surface area contributed by atoms with Crippen molar-refractivity contribution in [2.75, 3.05) is 11.1 Å². The van der Waals surface area contributed by atoms with Crippen LogP contribution in [0.2, 0.25) is 10.0 Å². The van der Waals surface area contributed by atoms with E-state index in [4.69, 9.17) is 32.7 Å². The van der Waals surface area contributed by atoms with Gasteiger partial charge >= 0.3 is 5.97 Å². The molecule has 1 aromatic heterocycles. The summed E-state index contributed by atoms with van der Waals surface area (Å²) in [5.41, 5.74) is 2.79. The van der Waals surface area contributed by atoms with Crippen molar-refractivity contribution in [2.24, 2.45) is 0 Å². The zero-order valence-electron chi connectivity index (χ0n) is 19.8. The second kappa shape index (κ2) is 10.9. The molecule has 0 aliphatic carbocycles. The number of benzene rings is 2. The van der Waals surface area contributed by atoms with E-state index in [-0.39, 0.29) is 12.7 Å². The van der Waals surface area contributed by atoms with Crippen molar-refractivity contribution in [3.8, 4) is 5.75 Å². The van der Waals surface area contributed by atoms with Gasteiger partial charge in [0.15, 0.2) is 0 Å². The maximum Gasteiger partial charge on any atom is 0.338 e. The van der Waals surface area contributed by atoms with Crippen LogP contribution >= 0.6 is 35.0 Å². The molecule has 1 aliphatic rings. The number of hydrogen-bond acceptors (Lipinski definition) is 7. The topological polar surface area (TPSA) is 78.3 Å². The number of halogens is 2. The average molecular weight is 533 g/mol. The highest BCUT2D eigenvalue weighted by molar-refractivity contribution is 7.99. The number of anilines is 1. The number of carbonyl (C=O) groups excluding carboxylic acids is 1. The molecule has 7 nitrogen and oxygen atoms in total. The number of thioether (sulfide) groups is 1. The van der Waals surface area contributed by atoms with Crippen molar-refractivity contribution in [2.45, 2.75) is 51.6 Å². The molecule has 3 aromatic rings. The fraction of sp³-hybridized carbons (Fsp3) is 0.320. The van der Waals surface area contributed by atoms with Gasteiger partial charge in [0.1, 0.15) is 18.4 Å². The molecule has 1 unspecified atom stereocenters. The standard InChI is InChI=1S/C25H26Cl2N4O3S/c1-5-35-25-29-24-28-15(4)21(23(32)34-14(2)3)22(31(24)30-25)16-7-6-8-19(11-16)33-13-17-9-10-18(26)12-20(17)27/h6-12,14,22H,5,13H2,1-4H3,(H,28,29,30). The SMILES string of the molecule is CCSc1nc2n(n1)C(c1cccc(OCc3ccc(Cl)cc3Cl)c1)C(C(=O)OC(C)C)=C(C)N2. The Morgan fingerprint density at radius 2 is 2.03 bits per heavy atom. The van der Waals surface area contributed by atoms with Crippen LogP contribution in [0.4, 0.5) is 5.95 Å². The minimum absolute atomic E-state index is 0.259. The van der Waals surface area contributed by atoms with Gasteiger partial charge in [-0.15, -0.1) is 5.10 Å². The smallest absolute Gasteiger partial charge is 0.338 e. The van der Waals surface area contributed by atoms with Gasteiger partial charge in [-0.1, -0.05) is 60.1 Å². The third kappa shape index (κ3) is 5.77. The van der Waals surface area contributed by atoms with Gasteiger partial charge in [0.05, 0.1) is 11.7 Å². The van der Waals surface area contributed by atoms with Crippen LogP contribution in [0, 0.1) is 0 Å². The highest BCUT2D eigenvalue weighted by Gasteiger charge is 2.35. The molecule has 4 rings (SSSR count). The van der Waals surface area contributed by atoms with Crippen LogP contribution in [0.25, 0.3) is 0 Å². The van der Waals surface area contributed by atoms with E-state index in [0.717, 1.165) is 16.9 Å². The van der Waals surface area contributed by atoms with Crippen molar-refractivity contribution in [1.82, 2.24) is 14.8 Å². The molecule has 0 fully saturated rings. The van der Waals surface area contributed by atoms with Crippen LogP contribution in [0.1, 0.15) is 44.9 Å². The molecule has 0 spiro atoms. The second-order valence-corrected chi connectivity index (χ2v) is 10.3. The highest BCUT2D eigenvalue weighted by Crippen LogP contribution is 2.38. The zero-order valence-corrected chi connectivity index (χ0v) is 22.2. The van der Waals surface area contributed by atoms with Crippen LogP contribution in [-0.4, -0.2) is 32.6 Å². The summed E-state index contributed by atoms with van der Waals surface area (Å²) in [6.45, 7) is 7.81. The Bertz CT molecular complexity index is 1280. The van der Waals surface area contributed by atoms with Crippen LogP contribution in [-0.2, 0) is 16.1 Å². The number of esters is 1. The number of aromatic nitrogens is 3. The quantitative estimate of drug-likeness (QED) is 0.261. The first-order valence-corrected chi connectivity index (χ1v) is 13.0. The first-order valence-electron chi connectivity index (χ1n) is 11.2. The van der Waals surface area contributed by atoms with Crippen LogP contribution in [0.15, 0.2) is 58.9 Å².